The first-order chi connectivity index (χ1) is 8.65. The lowest BCUT2D eigenvalue weighted by Crippen LogP contribution is -2.08. The van der Waals surface area contributed by atoms with Crippen molar-refractivity contribution in [2.45, 2.75) is 18.6 Å². The zero-order chi connectivity index (χ0) is 13.1. The molecule has 4 nitrogen and oxygen atoms in total. The molecule has 0 aromatic heterocycles. The molecule has 1 aromatic carbocycles. The Morgan fingerprint density at radius 1 is 1.50 bits per heavy atom. The summed E-state index contributed by atoms with van der Waals surface area (Å²) in [5.41, 5.74) is 2.67. The molecule has 0 bridgehead atoms. The van der Waals surface area contributed by atoms with Crippen LogP contribution in [0.3, 0.4) is 0 Å². The molecular weight excluding hydrogens is 250 g/mol. The van der Waals surface area contributed by atoms with Gasteiger partial charge in [0.2, 0.25) is 5.91 Å². The number of hydrogen-bond donors (Lipinski definition) is 1. The number of benzene rings is 1. The lowest BCUT2D eigenvalue weighted by molar-refractivity contribution is -0.142. The highest BCUT2D eigenvalue weighted by Crippen LogP contribution is 2.39. The number of anilines is 1. The van der Waals surface area contributed by atoms with E-state index in [9.17, 15) is 9.59 Å². The average Bonchev–Trinajstić information content (AvgIpc) is 2.64. The number of thioether (sulfide) groups is 1. The summed E-state index contributed by atoms with van der Waals surface area (Å²) in [6, 6.07) is 5.60. The van der Waals surface area contributed by atoms with E-state index in [1.165, 1.54) is 11.8 Å². The van der Waals surface area contributed by atoms with E-state index in [-0.39, 0.29) is 23.5 Å². The van der Waals surface area contributed by atoms with Crippen molar-refractivity contribution < 1.29 is 14.3 Å². The first-order valence-corrected chi connectivity index (χ1v) is 7.06. The molecule has 0 saturated heterocycles. The molecule has 0 radical (unpaired) electrons. The molecule has 0 aliphatic carbocycles. The van der Waals surface area contributed by atoms with E-state index in [2.05, 4.69) is 5.32 Å². The van der Waals surface area contributed by atoms with Gasteiger partial charge in [-0.05, 0) is 30.4 Å². The van der Waals surface area contributed by atoms with Crippen molar-refractivity contribution in [2.75, 3.05) is 18.2 Å². The number of nitrogens with one attached hydrogen (secondary N) is 1. The predicted octanol–water partition coefficient (Wildman–Crippen LogP) is 2.15. The molecular formula is C13H15NO3S. The minimum atomic E-state index is -0.240. The maximum Gasteiger partial charge on any atom is 0.310 e. The van der Waals surface area contributed by atoms with E-state index in [1.54, 1.807) is 6.92 Å². The molecule has 1 amide bonds. The van der Waals surface area contributed by atoms with E-state index in [1.807, 2.05) is 24.5 Å². The van der Waals surface area contributed by atoms with E-state index < -0.39 is 0 Å². The Bertz CT molecular complexity index is 487. The van der Waals surface area contributed by atoms with Gasteiger partial charge in [0.1, 0.15) is 5.25 Å². The molecule has 96 valence electrons. The Morgan fingerprint density at radius 2 is 2.28 bits per heavy atom. The summed E-state index contributed by atoms with van der Waals surface area (Å²) in [4.78, 5) is 23.1. The maximum absolute atomic E-state index is 11.7. The predicted molar refractivity (Wildman–Crippen MR) is 71.7 cm³/mol. The summed E-state index contributed by atoms with van der Waals surface area (Å²) in [7, 11) is 0. The van der Waals surface area contributed by atoms with Gasteiger partial charge in [-0.1, -0.05) is 12.1 Å². The molecule has 1 unspecified atom stereocenters. The van der Waals surface area contributed by atoms with Crippen LogP contribution in [-0.2, 0) is 20.7 Å². The van der Waals surface area contributed by atoms with Crippen molar-refractivity contribution in [2.24, 2.45) is 0 Å². The second-order valence-electron chi connectivity index (χ2n) is 4.01. The summed E-state index contributed by atoms with van der Waals surface area (Å²) in [6.07, 6.45) is 2.15. The third-order valence-electron chi connectivity index (χ3n) is 2.78. The monoisotopic (exact) mass is 265 g/mol. The van der Waals surface area contributed by atoms with Gasteiger partial charge in [-0.15, -0.1) is 11.8 Å². The zero-order valence-corrected chi connectivity index (χ0v) is 11.2. The molecule has 1 aromatic rings. The molecule has 1 N–H and O–H groups in total. The second kappa shape index (κ2) is 5.44. The molecule has 0 spiro atoms. The van der Waals surface area contributed by atoms with E-state index in [0.29, 0.717) is 6.61 Å². The highest BCUT2D eigenvalue weighted by molar-refractivity contribution is 7.99. The van der Waals surface area contributed by atoms with Gasteiger partial charge in [0, 0.05) is 5.69 Å². The van der Waals surface area contributed by atoms with Gasteiger partial charge >= 0.3 is 5.97 Å². The number of carbonyl (C=O) groups excluding carboxylic acids is 2. The number of carbonyl (C=O) groups is 2. The number of amides is 1. The normalized spacial score (nSPS) is 17.2. The summed E-state index contributed by atoms with van der Waals surface area (Å²) < 4.78 is 4.91. The van der Waals surface area contributed by atoms with Crippen LogP contribution in [0.2, 0.25) is 0 Å². The number of hydrogen-bond acceptors (Lipinski definition) is 4. The van der Waals surface area contributed by atoms with Crippen LogP contribution in [0.4, 0.5) is 5.69 Å². The second-order valence-corrected chi connectivity index (χ2v) is 4.95. The van der Waals surface area contributed by atoms with Crippen molar-refractivity contribution in [1.29, 1.82) is 0 Å². The zero-order valence-electron chi connectivity index (χ0n) is 10.4. The van der Waals surface area contributed by atoms with Crippen LogP contribution in [-0.4, -0.2) is 24.7 Å². The highest BCUT2D eigenvalue weighted by Gasteiger charge is 2.29. The fourth-order valence-electron chi connectivity index (χ4n) is 2.01. The number of ether oxygens (including phenoxy) is 1. The first kappa shape index (κ1) is 13.0. The van der Waals surface area contributed by atoms with Gasteiger partial charge in [-0.2, -0.15) is 0 Å². The van der Waals surface area contributed by atoms with Gasteiger partial charge in [-0.3, -0.25) is 9.59 Å². The first-order valence-electron chi connectivity index (χ1n) is 5.77. The van der Waals surface area contributed by atoms with E-state index >= 15 is 0 Å². The third kappa shape index (κ3) is 2.51. The van der Waals surface area contributed by atoms with Gasteiger partial charge in [0.05, 0.1) is 13.0 Å². The molecule has 0 saturated carbocycles. The van der Waals surface area contributed by atoms with Crippen molar-refractivity contribution >= 4 is 29.3 Å². The maximum atomic E-state index is 11.7. The number of rotatable bonds is 4. The van der Waals surface area contributed by atoms with Crippen LogP contribution in [0, 0.1) is 0 Å². The van der Waals surface area contributed by atoms with Gasteiger partial charge < -0.3 is 10.1 Å². The number of fused-ring (bicyclic) bond motifs is 1. The largest absolute Gasteiger partial charge is 0.466 e. The summed E-state index contributed by atoms with van der Waals surface area (Å²) >= 11 is 1.49. The smallest absolute Gasteiger partial charge is 0.310 e. The summed E-state index contributed by atoms with van der Waals surface area (Å²) in [5, 5.41) is 2.65. The molecule has 5 heteroatoms. The molecule has 18 heavy (non-hydrogen) atoms. The minimum absolute atomic E-state index is 0.00536. The minimum Gasteiger partial charge on any atom is -0.466 e. The van der Waals surface area contributed by atoms with Crippen LogP contribution in [0.25, 0.3) is 0 Å². The molecule has 1 heterocycles. The quantitative estimate of drug-likeness (QED) is 0.847. The molecule has 1 aliphatic heterocycles. The van der Waals surface area contributed by atoms with Crippen molar-refractivity contribution in [3.63, 3.8) is 0 Å². The summed E-state index contributed by atoms with van der Waals surface area (Å²) in [5.74, 6) is -0.235. The van der Waals surface area contributed by atoms with Gasteiger partial charge in [0.15, 0.2) is 0 Å². The summed E-state index contributed by atoms with van der Waals surface area (Å²) in [6.45, 7) is 2.17. The molecule has 2 rings (SSSR count). The topological polar surface area (TPSA) is 55.4 Å². The Hall–Kier alpha value is -1.49. The Kier molecular flexibility index (Phi) is 3.91. The fraction of sp³-hybridized carbons (Fsp3) is 0.385. The van der Waals surface area contributed by atoms with Crippen molar-refractivity contribution in [3.8, 4) is 0 Å². The highest BCUT2D eigenvalue weighted by atomic mass is 32.2. The van der Waals surface area contributed by atoms with Gasteiger partial charge in [0.25, 0.3) is 0 Å². The molecule has 1 atom stereocenters. The average molecular weight is 265 g/mol. The number of esters is 1. The van der Waals surface area contributed by atoms with Gasteiger partial charge in [-0.25, -0.2) is 0 Å². The standard InChI is InChI=1S/C13H15NO3S/c1-3-17-11(15)7-8-4-5-10-9(6-8)12(18-2)13(16)14-10/h4-6,12H,3,7H2,1-2H3,(H,14,16). The van der Waals surface area contributed by atoms with Crippen LogP contribution >= 0.6 is 11.8 Å². The van der Waals surface area contributed by atoms with E-state index in [0.717, 1.165) is 16.8 Å². The molecule has 0 fully saturated rings. The lowest BCUT2D eigenvalue weighted by Gasteiger charge is -2.07. The Balaban J connectivity index is 2.20. The van der Waals surface area contributed by atoms with Crippen molar-refractivity contribution in [3.05, 3.63) is 29.3 Å². The lowest BCUT2D eigenvalue weighted by atomic mass is 10.1. The van der Waals surface area contributed by atoms with Crippen LogP contribution in [0.1, 0.15) is 23.3 Å². The SMILES string of the molecule is CCOC(=O)Cc1ccc2c(c1)C(SC)C(=O)N2. The fourth-order valence-corrected chi connectivity index (χ4v) is 2.73. The van der Waals surface area contributed by atoms with Crippen molar-refractivity contribution in [1.82, 2.24) is 0 Å². The Labute approximate surface area is 110 Å². The van der Waals surface area contributed by atoms with Crippen LogP contribution in [0.15, 0.2) is 18.2 Å². The van der Waals surface area contributed by atoms with Crippen LogP contribution in [0.5, 0.6) is 0 Å². The third-order valence-corrected chi connectivity index (χ3v) is 3.72. The van der Waals surface area contributed by atoms with Crippen LogP contribution < -0.4 is 5.32 Å². The molecule has 1 aliphatic rings. The Morgan fingerprint density at radius 3 is 2.94 bits per heavy atom. The van der Waals surface area contributed by atoms with E-state index in [4.69, 9.17) is 4.74 Å².